The fraction of sp³-hybridized carbons (Fsp3) is 0.806. The van der Waals surface area contributed by atoms with Gasteiger partial charge in [-0.05, 0) is 111 Å². The number of carbonyl (C=O) groups excluding carboxylic acids is 1. The lowest BCUT2D eigenvalue weighted by Crippen LogP contribution is -2.62. The molecule has 10 atom stereocenters. The first-order valence-corrected chi connectivity index (χ1v) is 15.3. The predicted molar refractivity (Wildman–Crippen MR) is 148 cm³/mol. The van der Waals surface area contributed by atoms with Crippen molar-refractivity contribution in [2.24, 2.45) is 28.6 Å². The normalized spacial score (nSPS) is 45.5. The van der Waals surface area contributed by atoms with Gasteiger partial charge >= 0.3 is 11.7 Å². The summed E-state index contributed by atoms with van der Waals surface area (Å²) in [7, 11) is 1.92. The molecule has 5 fully saturated rings. The van der Waals surface area contributed by atoms with E-state index in [1.807, 2.05) is 18.0 Å². The molecule has 5 aliphatic rings. The molecule has 0 aromatic carbocycles. The van der Waals surface area contributed by atoms with E-state index in [-0.39, 0.29) is 46.4 Å². The topological polar surface area (TPSA) is 115 Å². The zero-order chi connectivity index (χ0) is 27.6. The van der Waals surface area contributed by atoms with Crippen molar-refractivity contribution in [3.63, 3.8) is 0 Å². The van der Waals surface area contributed by atoms with Gasteiger partial charge in [-0.25, -0.2) is 9.59 Å². The van der Waals surface area contributed by atoms with Gasteiger partial charge in [-0.3, -0.25) is 0 Å². The van der Waals surface area contributed by atoms with Crippen LogP contribution < -0.4 is 16.3 Å². The fourth-order valence-electron chi connectivity index (χ4n) is 10.1. The summed E-state index contributed by atoms with van der Waals surface area (Å²) in [4.78, 5) is 26.6. The minimum absolute atomic E-state index is 0.0697. The average Bonchev–Trinajstić information content (AvgIpc) is 3.20. The van der Waals surface area contributed by atoms with Crippen molar-refractivity contribution in [1.82, 2.24) is 15.5 Å². The van der Waals surface area contributed by atoms with Gasteiger partial charge in [0.15, 0.2) is 0 Å². The summed E-state index contributed by atoms with van der Waals surface area (Å²) in [5.41, 5.74) is -0.0174. The van der Waals surface area contributed by atoms with Crippen LogP contribution >= 0.6 is 0 Å². The molecular formula is C31H47N3O5. The zero-order valence-electron chi connectivity index (χ0n) is 23.8. The molecule has 2 amide bonds. The lowest BCUT2D eigenvalue weighted by Gasteiger charge is -2.64. The Kier molecular flexibility index (Phi) is 6.91. The van der Waals surface area contributed by atoms with Gasteiger partial charge in [-0.2, -0.15) is 0 Å². The molecule has 6 rings (SSSR count). The van der Waals surface area contributed by atoms with E-state index in [1.54, 1.807) is 6.26 Å². The van der Waals surface area contributed by atoms with E-state index in [4.69, 9.17) is 4.42 Å². The molecule has 0 radical (unpaired) electrons. The summed E-state index contributed by atoms with van der Waals surface area (Å²) in [5.74, 6) is 1.54. The minimum atomic E-state index is -0.700. The second kappa shape index (κ2) is 9.88. The molecule has 4 aliphatic carbocycles. The number of aliphatic hydroxyl groups is 2. The Hall–Kier alpha value is -1.90. The number of aliphatic hydroxyl groups excluding tert-OH is 1. The quantitative estimate of drug-likeness (QED) is 0.465. The monoisotopic (exact) mass is 541 g/mol. The van der Waals surface area contributed by atoms with E-state index < -0.39 is 11.7 Å². The minimum Gasteiger partial charge on any atom is -0.431 e. The Morgan fingerprint density at radius 3 is 2.64 bits per heavy atom. The van der Waals surface area contributed by atoms with E-state index in [0.717, 1.165) is 76.3 Å². The Morgan fingerprint density at radius 1 is 1.08 bits per heavy atom. The number of nitrogens with one attached hydrogen (secondary N) is 2. The molecule has 4 N–H and O–H groups in total. The summed E-state index contributed by atoms with van der Waals surface area (Å²) < 4.78 is 5.23. The van der Waals surface area contributed by atoms with Gasteiger partial charge in [0.25, 0.3) is 0 Å². The van der Waals surface area contributed by atoms with E-state index in [2.05, 4.69) is 24.5 Å². The van der Waals surface area contributed by atoms with Gasteiger partial charge in [0.1, 0.15) is 0 Å². The number of hydrogen-bond acceptors (Lipinski definition) is 6. The van der Waals surface area contributed by atoms with Crippen molar-refractivity contribution in [3.8, 4) is 0 Å². The molecule has 4 saturated carbocycles. The Morgan fingerprint density at radius 2 is 1.90 bits per heavy atom. The third-order valence-electron chi connectivity index (χ3n) is 12.6. The van der Waals surface area contributed by atoms with Crippen LogP contribution in [0.5, 0.6) is 0 Å². The molecule has 8 nitrogen and oxygen atoms in total. The second-order valence-electron chi connectivity index (χ2n) is 14.0. The number of β-amino-alcohol motifs (C(OH)–C–C–N with tert-alkyl or cyclic N) is 1. The molecule has 8 heteroatoms. The second-order valence-corrected chi connectivity index (χ2v) is 14.0. The summed E-state index contributed by atoms with van der Waals surface area (Å²) in [5, 5.41) is 29.0. The van der Waals surface area contributed by atoms with Crippen LogP contribution in [-0.2, 0) is 0 Å². The van der Waals surface area contributed by atoms with Crippen LogP contribution in [0.1, 0.15) is 89.5 Å². The SMILES string of the molecule is CN(C(=O)NC1CCNC[C@H]1O)[C@H]1CC[C@@]2(C)[C@H](CC[C@@H]3[C@@H]2CC[C@]2(C)[C@@H](c4ccc(=O)oc4)CC[C@]32O)C1. The molecule has 2 heterocycles. The Bertz CT molecular complexity index is 1120. The standard InChI is InChI=1S/C31H47N3O5/c1-29-12-8-21(34(3)28(37)33-25-11-15-32-17-26(25)35)16-20(29)5-6-24-23(29)9-13-30(2)22(10-14-31(24,30)38)19-4-7-27(36)39-18-19/h4,7,18,20-26,32,35,38H,5-6,8-17H2,1-3H3,(H,33,37)/t20-,21+,22-,23+,24-,25?,26-,29+,30-,31+/m1/s1. The molecule has 1 aromatic heterocycles. The molecule has 0 spiro atoms. The molecule has 216 valence electrons. The molecule has 1 aliphatic heterocycles. The molecule has 1 saturated heterocycles. The summed E-state index contributed by atoms with van der Waals surface area (Å²) in [6.07, 6.45) is 10.9. The van der Waals surface area contributed by atoms with Crippen molar-refractivity contribution in [2.45, 2.75) is 108 Å². The zero-order valence-corrected chi connectivity index (χ0v) is 23.8. The average molecular weight is 542 g/mol. The molecule has 0 bridgehead atoms. The summed E-state index contributed by atoms with van der Waals surface area (Å²) >= 11 is 0. The van der Waals surface area contributed by atoms with E-state index in [1.165, 1.54) is 6.07 Å². The molecule has 1 unspecified atom stereocenters. The van der Waals surface area contributed by atoms with Crippen molar-refractivity contribution >= 4 is 6.03 Å². The Labute approximate surface area is 231 Å². The van der Waals surface area contributed by atoms with Gasteiger partial charge in [0.2, 0.25) is 0 Å². The number of fused-ring (bicyclic) bond motifs is 5. The number of rotatable bonds is 3. The van der Waals surface area contributed by atoms with Crippen molar-refractivity contribution in [1.29, 1.82) is 0 Å². The Balaban J connectivity index is 1.15. The first-order valence-electron chi connectivity index (χ1n) is 15.3. The number of amides is 2. The fourth-order valence-corrected chi connectivity index (χ4v) is 10.1. The van der Waals surface area contributed by atoms with Crippen molar-refractivity contribution in [2.75, 3.05) is 20.1 Å². The third-order valence-corrected chi connectivity index (χ3v) is 12.6. The number of hydrogen-bond donors (Lipinski definition) is 4. The maximum absolute atomic E-state index is 13.1. The van der Waals surface area contributed by atoms with Gasteiger partial charge in [0.05, 0.1) is 24.0 Å². The molecule has 39 heavy (non-hydrogen) atoms. The van der Waals surface area contributed by atoms with Crippen LogP contribution in [0.4, 0.5) is 4.79 Å². The smallest absolute Gasteiger partial charge is 0.335 e. The van der Waals surface area contributed by atoms with E-state index in [9.17, 15) is 19.8 Å². The maximum atomic E-state index is 13.1. The van der Waals surface area contributed by atoms with Crippen LogP contribution in [0.15, 0.2) is 27.6 Å². The van der Waals surface area contributed by atoms with Gasteiger partial charge in [0, 0.05) is 31.1 Å². The number of carbonyl (C=O) groups is 1. The first kappa shape index (κ1) is 27.3. The van der Waals surface area contributed by atoms with Crippen LogP contribution in [0.2, 0.25) is 0 Å². The van der Waals surface area contributed by atoms with Gasteiger partial charge < -0.3 is 30.2 Å². The van der Waals surface area contributed by atoms with Crippen molar-refractivity contribution < 1.29 is 19.4 Å². The summed E-state index contributed by atoms with van der Waals surface area (Å²) in [6, 6.07) is 3.36. The van der Waals surface area contributed by atoms with Crippen LogP contribution in [0, 0.1) is 28.6 Å². The number of urea groups is 1. The summed E-state index contributed by atoms with van der Waals surface area (Å²) in [6.45, 7) is 6.09. The highest BCUT2D eigenvalue weighted by molar-refractivity contribution is 5.74. The highest BCUT2D eigenvalue weighted by Gasteiger charge is 2.67. The predicted octanol–water partition coefficient (Wildman–Crippen LogP) is 3.61. The first-order chi connectivity index (χ1) is 18.6. The van der Waals surface area contributed by atoms with Crippen molar-refractivity contribution in [3.05, 3.63) is 34.4 Å². The lowest BCUT2D eigenvalue weighted by atomic mass is 9.43. The number of piperidine rings is 1. The van der Waals surface area contributed by atoms with Gasteiger partial charge in [-0.1, -0.05) is 13.8 Å². The highest BCUT2D eigenvalue weighted by atomic mass is 16.4. The van der Waals surface area contributed by atoms with Gasteiger partial charge in [-0.15, -0.1) is 0 Å². The molecule has 1 aromatic rings. The molecular weight excluding hydrogens is 494 g/mol. The van der Waals surface area contributed by atoms with Crippen LogP contribution in [-0.4, -0.2) is 65.1 Å². The van der Waals surface area contributed by atoms with E-state index >= 15 is 0 Å². The van der Waals surface area contributed by atoms with E-state index in [0.29, 0.717) is 18.4 Å². The largest absolute Gasteiger partial charge is 0.431 e. The van der Waals surface area contributed by atoms with Crippen LogP contribution in [0.25, 0.3) is 0 Å². The number of nitrogens with zero attached hydrogens (tertiary/aromatic N) is 1. The lowest BCUT2D eigenvalue weighted by molar-refractivity contribution is -0.203. The van der Waals surface area contributed by atoms with Crippen LogP contribution in [0.3, 0.4) is 0 Å². The third kappa shape index (κ3) is 4.27. The highest BCUT2D eigenvalue weighted by Crippen LogP contribution is 2.70. The maximum Gasteiger partial charge on any atom is 0.335 e.